The fraction of sp³-hybridized carbons (Fsp3) is 0.944. The molecule has 2 N–H and O–H groups in total. The summed E-state index contributed by atoms with van der Waals surface area (Å²) in [5, 5.41) is 19.9. The molecule has 0 rings (SSSR count). The van der Waals surface area contributed by atoms with Gasteiger partial charge in [-0.3, -0.25) is 0 Å². The van der Waals surface area contributed by atoms with E-state index in [1.165, 1.54) is 51.4 Å². The van der Waals surface area contributed by atoms with Gasteiger partial charge in [0.1, 0.15) is 5.60 Å². The smallest absolute Gasteiger partial charge is 0.189 e. The van der Waals surface area contributed by atoms with Crippen LogP contribution in [0.15, 0.2) is 0 Å². The van der Waals surface area contributed by atoms with E-state index in [-0.39, 0.29) is 5.05 Å². The molecule has 0 aromatic heterocycles. The third-order valence-corrected chi connectivity index (χ3v) is 4.67. The van der Waals surface area contributed by atoms with E-state index >= 15 is 0 Å². The minimum atomic E-state index is -1.12. The van der Waals surface area contributed by atoms with Gasteiger partial charge >= 0.3 is 0 Å². The van der Waals surface area contributed by atoms with Crippen LogP contribution >= 0.6 is 12.2 Å². The van der Waals surface area contributed by atoms with Crippen molar-refractivity contribution in [1.82, 2.24) is 0 Å². The molecule has 0 fully saturated rings. The van der Waals surface area contributed by atoms with Crippen LogP contribution in [0.5, 0.6) is 0 Å². The van der Waals surface area contributed by atoms with Crippen LogP contribution in [0.4, 0.5) is 0 Å². The van der Waals surface area contributed by atoms with E-state index in [0.29, 0.717) is 12.8 Å². The molecule has 21 heavy (non-hydrogen) atoms. The zero-order valence-corrected chi connectivity index (χ0v) is 15.0. The summed E-state index contributed by atoms with van der Waals surface area (Å²) in [5.41, 5.74) is -1.12. The van der Waals surface area contributed by atoms with Gasteiger partial charge in [0, 0.05) is 0 Å². The maximum atomic E-state index is 10.5. The molecule has 0 saturated carbocycles. The van der Waals surface area contributed by atoms with Gasteiger partial charge < -0.3 is 10.2 Å². The zero-order valence-electron chi connectivity index (χ0n) is 14.2. The molecule has 126 valence electrons. The molecule has 0 aromatic rings. The topological polar surface area (TPSA) is 40.5 Å². The van der Waals surface area contributed by atoms with Gasteiger partial charge in [-0.2, -0.15) is 0 Å². The van der Waals surface area contributed by atoms with E-state index in [0.717, 1.165) is 25.7 Å². The highest BCUT2D eigenvalue weighted by atomic mass is 32.1. The van der Waals surface area contributed by atoms with Gasteiger partial charge in [0.2, 0.25) is 0 Å². The average Bonchev–Trinajstić information content (AvgIpc) is 2.46. The average molecular weight is 317 g/mol. The van der Waals surface area contributed by atoms with Gasteiger partial charge in [0.15, 0.2) is 5.05 Å². The molecule has 0 aromatic carbocycles. The van der Waals surface area contributed by atoms with Gasteiger partial charge in [-0.25, -0.2) is 0 Å². The van der Waals surface area contributed by atoms with Crippen molar-refractivity contribution in [2.75, 3.05) is 0 Å². The summed E-state index contributed by atoms with van der Waals surface area (Å²) in [6, 6.07) is 0. The lowest BCUT2D eigenvalue weighted by atomic mass is 9.90. The monoisotopic (exact) mass is 316 g/mol. The van der Waals surface area contributed by atoms with Crippen molar-refractivity contribution in [2.24, 2.45) is 0 Å². The third kappa shape index (κ3) is 11.1. The molecule has 0 heterocycles. The number of aliphatic hydroxyl groups is 2. The van der Waals surface area contributed by atoms with Gasteiger partial charge in [-0.15, -0.1) is 0 Å². The third-order valence-electron chi connectivity index (χ3n) is 4.29. The molecule has 0 aliphatic carbocycles. The molecule has 0 aliphatic rings. The highest BCUT2D eigenvalue weighted by molar-refractivity contribution is 7.80. The van der Waals surface area contributed by atoms with Crippen LogP contribution in [0.1, 0.15) is 104 Å². The second-order valence-electron chi connectivity index (χ2n) is 6.37. The fourth-order valence-electron chi connectivity index (χ4n) is 2.73. The summed E-state index contributed by atoms with van der Waals surface area (Å²) in [4.78, 5) is 0. The number of aliphatic hydroxyl groups excluding tert-OH is 1. The molecular weight excluding hydrogens is 280 g/mol. The van der Waals surface area contributed by atoms with Crippen molar-refractivity contribution in [2.45, 2.75) is 109 Å². The number of hydrogen-bond acceptors (Lipinski definition) is 2. The van der Waals surface area contributed by atoms with Crippen LogP contribution in [0.3, 0.4) is 0 Å². The molecule has 0 radical (unpaired) electrons. The minimum absolute atomic E-state index is 0.204. The Morgan fingerprint density at radius 3 is 1.38 bits per heavy atom. The molecule has 3 heteroatoms. The summed E-state index contributed by atoms with van der Waals surface area (Å²) in [6.07, 6.45) is 15.5. The van der Waals surface area contributed by atoms with Crippen LogP contribution in [-0.4, -0.2) is 20.9 Å². The van der Waals surface area contributed by atoms with E-state index in [1.54, 1.807) is 0 Å². The first kappa shape index (κ1) is 20.9. The van der Waals surface area contributed by atoms with Crippen LogP contribution in [0, 0.1) is 0 Å². The molecule has 0 bridgehead atoms. The van der Waals surface area contributed by atoms with Gasteiger partial charge in [-0.05, 0) is 25.1 Å². The van der Waals surface area contributed by atoms with Gasteiger partial charge in [0.05, 0.1) is 0 Å². The summed E-state index contributed by atoms with van der Waals surface area (Å²) in [7, 11) is 0. The summed E-state index contributed by atoms with van der Waals surface area (Å²) in [6.45, 7) is 4.42. The number of hydrogen-bond donors (Lipinski definition) is 2. The second kappa shape index (κ2) is 13.5. The van der Waals surface area contributed by atoms with Crippen LogP contribution in [0.25, 0.3) is 0 Å². The standard InChI is InChI=1S/C18H36O2S/c1-3-5-7-9-11-13-15-18(20,17(19)21)16-14-12-10-8-6-4-2/h20H,3-16H2,1-2H3,(H,19,21). The number of thiocarbonyl (C=S) groups is 1. The maximum Gasteiger partial charge on any atom is 0.189 e. The normalized spacial score (nSPS) is 11.8. The maximum absolute atomic E-state index is 10.5. The predicted molar refractivity (Wildman–Crippen MR) is 96.2 cm³/mol. The Balaban J connectivity index is 3.82. The first-order chi connectivity index (χ1) is 10.1. The van der Waals surface area contributed by atoms with E-state index in [4.69, 9.17) is 12.2 Å². The summed E-state index contributed by atoms with van der Waals surface area (Å²) < 4.78 is 0. The largest absolute Gasteiger partial charge is 0.500 e. The second-order valence-corrected chi connectivity index (χ2v) is 6.76. The molecule has 2 nitrogen and oxygen atoms in total. The predicted octanol–water partition coefficient (Wildman–Crippen LogP) is 6.10. The van der Waals surface area contributed by atoms with E-state index < -0.39 is 5.60 Å². The van der Waals surface area contributed by atoms with Crippen molar-refractivity contribution in [3.8, 4) is 0 Å². The number of rotatable bonds is 15. The van der Waals surface area contributed by atoms with Crippen molar-refractivity contribution >= 4 is 17.3 Å². The van der Waals surface area contributed by atoms with Crippen molar-refractivity contribution < 1.29 is 10.2 Å². The summed E-state index contributed by atoms with van der Waals surface area (Å²) >= 11 is 4.88. The van der Waals surface area contributed by atoms with Crippen molar-refractivity contribution in [3.63, 3.8) is 0 Å². The van der Waals surface area contributed by atoms with Crippen molar-refractivity contribution in [1.29, 1.82) is 0 Å². The quantitative estimate of drug-likeness (QED) is 0.283. The Bertz CT molecular complexity index is 238. The Labute approximate surface area is 137 Å². The Morgan fingerprint density at radius 1 is 0.714 bits per heavy atom. The Kier molecular flexibility index (Phi) is 13.4. The van der Waals surface area contributed by atoms with E-state index in [1.807, 2.05) is 0 Å². The van der Waals surface area contributed by atoms with Crippen molar-refractivity contribution in [3.05, 3.63) is 0 Å². The molecule has 0 saturated heterocycles. The lowest BCUT2D eigenvalue weighted by Gasteiger charge is -2.25. The highest BCUT2D eigenvalue weighted by Crippen LogP contribution is 2.24. The molecular formula is C18H36O2S. The minimum Gasteiger partial charge on any atom is -0.500 e. The Hall–Kier alpha value is -0.150. The zero-order chi connectivity index (χ0) is 16.0. The highest BCUT2D eigenvalue weighted by Gasteiger charge is 2.30. The van der Waals surface area contributed by atoms with E-state index in [9.17, 15) is 10.2 Å². The molecule has 0 amide bonds. The van der Waals surface area contributed by atoms with Crippen LogP contribution in [-0.2, 0) is 0 Å². The Morgan fingerprint density at radius 2 is 1.05 bits per heavy atom. The SMILES string of the molecule is CCCCCCCCC(O)(CCCCCCCC)C(O)=S. The lowest BCUT2D eigenvalue weighted by molar-refractivity contribution is 0.0722. The first-order valence-corrected chi connectivity index (χ1v) is 9.43. The molecule has 0 aliphatic heterocycles. The van der Waals surface area contributed by atoms with Gasteiger partial charge in [-0.1, -0.05) is 90.9 Å². The first-order valence-electron chi connectivity index (χ1n) is 9.02. The number of unbranched alkanes of at least 4 members (excludes halogenated alkanes) is 10. The van der Waals surface area contributed by atoms with E-state index in [2.05, 4.69) is 13.8 Å². The van der Waals surface area contributed by atoms with Crippen LogP contribution < -0.4 is 0 Å². The summed E-state index contributed by atoms with van der Waals surface area (Å²) in [5.74, 6) is 0. The molecule has 0 spiro atoms. The molecule has 0 unspecified atom stereocenters. The van der Waals surface area contributed by atoms with Crippen LogP contribution in [0.2, 0.25) is 0 Å². The molecule has 0 atom stereocenters. The lowest BCUT2D eigenvalue weighted by Crippen LogP contribution is -2.37. The fourth-order valence-corrected chi connectivity index (χ4v) is 2.94. The van der Waals surface area contributed by atoms with Gasteiger partial charge in [0.25, 0.3) is 0 Å².